The smallest absolute Gasteiger partial charge is 0.216 e. The van der Waals surface area contributed by atoms with Crippen LogP contribution in [0.3, 0.4) is 0 Å². The SMILES string of the molecule is C[C@@H](Cc1ccccc1)NS(N)(=O)=O. The molecule has 0 radical (unpaired) electrons. The molecule has 0 aliphatic carbocycles. The first-order valence-corrected chi connectivity index (χ1v) is 5.86. The van der Waals surface area contributed by atoms with Gasteiger partial charge in [-0.3, -0.25) is 0 Å². The summed E-state index contributed by atoms with van der Waals surface area (Å²) < 4.78 is 23.7. The highest BCUT2D eigenvalue weighted by molar-refractivity contribution is 7.87. The summed E-state index contributed by atoms with van der Waals surface area (Å²) >= 11 is 0. The molecule has 14 heavy (non-hydrogen) atoms. The fourth-order valence-corrected chi connectivity index (χ4v) is 1.93. The monoisotopic (exact) mass is 214 g/mol. The summed E-state index contributed by atoms with van der Waals surface area (Å²) in [6.07, 6.45) is 0.636. The van der Waals surface area contributed by atoms with Gasteiger partial charge in [0.15, 0.2) is 0 Å². The third-order valence-electron chi connectivity index (χ3n) is 1.75. The van der Waals surface area contributed by atoms with Gasteiger partial charge in [0.2, 0.25) is 0 Å². The third-order valence-corrected chi connectivity index (χ3v) is 2.48. The molecule has 78 valence electrons. The molecule has 0 heterocycles. The maximum absolute atomic E-state index is 10.7. The minimum Gasteiger partial charge on any atom is -0.216 e. The first-order valence-electron chi connectivity index (χ1n) is 4.31. The molecule has 4 nitrogen and oxygen atoms in total. The summed E-state index contributed by atoms with van der Waals surface area (Å²) in [6, 6.07) is 9.45. The molecule has 0 bridgehead atoms. The minimum atomic E-state index is -3.59. The van der Waals surface area contributed by atoms with Crippen LogP contribution in [0.5, 0.6) is 0 Å². The van der Waals surface area contributed by atoms with Crippen LogP contribution in [0.25, 0.3) is 0 Å². The Hall–Kier alpha value is -0.910. The highest BCUT2D eigenvalue weighted by Gasteiger charge is 2.08. The van der Waals surface area contributed by atoms with Crippen LogP contribution >= 0.6 is 0 Å². The summed E-state index contributed by atoms with van der Waals surface area (Å²) in [6.45, 7) is 1.78. The lowest BCUT2D eigenvalue weighted by Crippen LogP contribution is -2.38. The molecule has 0 saturated carbocycles. The van der Waals surface area contributed by atoms with Gasteiger partial charge >= 0.3 is 0 Å². The molecule has 0 aliphatic rings. The van der Waals surface area contributed by atoms with Gasteiger partial charge < -0.3 is 0 Å². The number of nitrogens with one attached hydrogen (secondary N) is 1. The van der Waals surface area contributed by atoms with Crippen LogP contribution < -0.4 is 9.86 Å². The molecule has 0 aliphatic heterocycles. The van der Waals surface area contributed by atoms with Crippen molar-refractivity contribution in [1.82, 2.24) is 4.72 Å². The molecule has 1 aromatic rings. The number of hydrogen-bond acceptors (Lipinski definition) is 2. The molecule has 0 unspecified atom stereocenters. The molecule has 1 rings (SSSR count). The standard InChI is InChI=1S/C9H14N2O2S/c1-8(11-14(10,12)13)7-9-5-3-2-4-6-9/h2-6,8,11H,7H2,1H3,(H2,10,12,13)/t8-/m0/s1. The number of rotatable bonds is 4. The zero-order valence-electron chi connectivity index (χ0n) is 7.97. The molecule has 1 aromatic carbocycles. The van der Waals surface area contributed by atoms with Gasteiger partial charge in [-0.25, -0.2) is 5.14 Å². The van der Waals surface area contributed by atoms with Crippen LogP contribution in [0, 0.1) is 0 Å². The van der Waals surface area contributed by atoms with Crippen LogP contribution in [0.1, 0.15) is 12.5 Å². The van der Waals surface area contributed by atoms with E-state index >= 15 is 0 Å². The topological polar surface area (TPSA) is 72.2 Å². The second kappa shape index (κ2) is 4.54. The van der Waals surface area contributed by atoms with E-state index < -0.39 is 10.2 Å². The van der Waals surface area contributed by atoms with E-state index in [1.807, 2.05) is 30.3 Å². The van der Waals surface area contributed by atoms with Crippen molar-refractivity contribution in [3.05, 3.63) is 35.9 Å². The normalized spacial score (nSPS) is 13.9. The van der Waals surface area contributed by atoms with Crippen molar-refractivity contribution in [2.45, 2.75) is 19.4 Å². The van der Waals surface area contributed by atoms with E-state index in [0.29, 0.717) is 6.42 Å². The van der Waals surface area contributed by atoms with E-state index in [4.69, 9.17) is 5.14 Å². The molecule has 0 saturated heterocycles. The van der Waals surface area contributed by atoms with Gasteiger partial charge in [0.05, 0.1) is 0 Å². The van der Waals surface area contributed by atoms with Crippen LogP contribution in [0.15, 0.2) is 30.3 Å². The van der Waals surface area contributed by atoms with Crippen LogP contribution in [0.4, 0.5) is 0 Å². The van der Waals surface area contributed by atoms with Gasteiger partial charge in [0.1, 0.15) is 0 Å². The van der Waals surface area contributed by atoms with Crippen molar-refractivity contribution < 1.29 is 8.42 Å². The molecule has 0 fully saturated rings. The molecule has 5 heteroatoms. The second-order valence-corrected chi connectivity index (χ2v) is 4.58. The molecule has 0 spiro atoms. The Kier molecular flexibility index (Phi) is 3.62. The maximum Gasteiger partial charge on any atom is 0.274 e. The van der Waals surface area contributed by atoms with Crippen molar-refractivity contribution in [2.75, 3.05) is 0 Å². The molecule has 0 aromatic heterocycles. The number of hydrogen-bond donors (Lipinski definition) is 2. The Morgan fingerprint density at radius 1 is 1.36 bits per heavy atom. The maximum atomic E-state index is 10.7. The van der Waals surface area contributed by atoms with Crippen LogP contribution in [-0.4, -0.2) is 14.5 Å². The summed E-state index contributed by atoms with van der Waals surface area (Å²) in [5.74, 6) is 0. The predicted molar refractivity (Wildman–Crippen MR) is 55.9 cm³/mol. The summed E-state index contributed by atoms with van der Waals surface area (Å²) in [5.41, 5.74) is 1.08. The molecular formula is C9H14N2O2S. The Morgan fingerprint density at radius 2 is 1.93 bits per heavy atom. The zero-order chi connectivity index (χ0) is 10.6. The Labute approximate surface area is 84.3 Å². The Morgan fingerprint density at radius 3 is 2.43 bits per heavy atom. The largest absolute Gasteiger partial charge is 0.274 e. The summed E-state index contributed by atoms with van der Waals surface area (Å²) in [4.78, 5) is 0. The van der Waals surface area contributed by atoms with Gasteiger partial charge in [-0.1, -0.05) is 30.3 Å². The van der Waals surface area contributed by atoms with Crippen molar-refractivity contribution in [3.8, 4) is 0 Å². The lowest BCUT2D eigenvalue weighted by Gasteiger charge is -2.11. The van der Waals surface area contributed by atoms with E-state index in [1.54, 1.807) is 6.92 Å². The Balaban J connectivity index is 2.54. The molecule has 1 atom stereocenters. The lowest BCUT2D eigenvalue weighted by molar-refractivity contribution is 0.561. The van der Waals surface area contributed by atoms with E-state index in [-0.39, 0.29) is 6.04 Å². The minimum absolute atomic E-state index is 0.188. The average molecular weight is 214 g/mol. The van der Waals surface area contributed by atoms with Gasteiger partial charge in [0.25, 0.3) is 10.2 Å². The summed E-state index contributed by atoms with van der Waals surface area (Å²) in [5, 5.41) is 4.85. The van der Waals surface area contributed by atoms with Crippen molar-refractivity contribution in [1.29, 1.82) is 0 Å². The van der Waals surface area contributed by atoms with E-state index in [0.717, 1.165) is 5.56 Å². The van der Waals surface area contributed by atoms with E-state index in [2.05, 4.69) is 4.72 Å². The molecule has 3 N–H and O–H groups in total. The van der Waals surface area contributed by atoms with E-state index in [9.17, 15) is 8.42 Å². The predicted octanol–water partition coefficient (Wildman–Crippen LogP) is 0.411. The third kappa shape index (κ3) is 4.36. The van der Waals surface area contributed by atoms with Crippen LogP contribution in [-0.2, 0) is 16.6 Å². The van der Waals surface area contributed by atoms with Crippen molar-refractivity contribution >= 4 is 10.2 Å². The Bertz CT molecular complexity index is 375. The lowest BCUT2D eigenvalue weighted by atomic mass is 10.1. The fraction of sp³-hybridized carbons (Fsp3) is 0.333. The summed E-state index contributed by atoms with van der Waals surface area (Å²) in [7, 11) is -3.59. The van der Waals surface area contributed by atoms with Crippen LogP contribution in [0.2, 0.25) is 0 Å². The van der Waals surface area contributed by atoms with Gasteiger partial charge in [-0.2, -0.15) is 13.1 Å². The van der Waals surface area contributed by atoms with Crippen molar-refractivity contribution in [3.63, 3.8) is 0 Å². The molecular weight excluding hydrogens is 200 g/mol. The fourth-order valence-electron chi connectivity index (χ4n) is 1.29. The van der Waals surface area contributed by atoms with Gasteiger partial charge in [-0.05, 0) is 18.9 Å². The van der Waals surface area contributed by atoms with Crippen molar-refractivity contribution in [2.24, 2.45) is 5.14 Å². The van der Waals surface area contributed by atoms with Gasteiger partial charge in [-0.15, -0.1) is 0 Å². The first-order chi connectivity index (χ1) is 6.47. The molecule has 0 amide bonds. The van der Waals surface area contributed by atoms with E-state index in [1.165, 1.54) is 0 Å². The zero-order valence-corrected chi connectivity index (χ0v) is 8.79. The second-order valence-electron chi connectivity index (χ2n) is 3.25. The highest BCUT2D eigenvalue weighted by Crippen LogP contribution is 2.02. The average Bonchev–Trinajstić information content (AvgIpc) is 2.02. The van der Waals surface area contributed by atoms with Gasteiger partial charge in [0, 0.05) is 6.04 Å². The number of benzene rings is 1. The number of nitrogens with two attached hydrogens (primary N) is 1. The quantitative estimate of drug-likeness (QED) is 0.762. The highest BCUT2D eigenvalue weighted by atomic mass is 32.2. The first kappa shape index (κ1) is 11.2.